The summed E-state index contributed by atoms with van der Waals surface area (Å²) in [5.74, 6) is 0.356. The Hall–Kier alpha value is -1.15. The molecular weight excluding hydrogens is 236 g/mol. The Balaban J connectivity index is 2.07. The van der Waals surface area contributed by atoms with E-state index >= 15 is 0 Å². The lowest BCUT2D eigenvalue weighted by Gasteiger charge is -2.37. The summed E-state index contributed by atoms with van der Waals surface area (Å²) in [4.78, 5) is 12.3. The smallest absolute Gasteiger partial charge is 0.165 e. The molecule has 0 aliphatic heterocycles. The molecule has 0 unspecified atom stereocenters. The van der Waals surface area contributed by atoms with Gasteiger partial charge >= 0.3 is 0 Å². The van der Waals surface area contributed by atoms with E-state index in [4.69, 9.17) is 0 Å². The van der Waals surface area contributed by atoms with Crippen LogP contribution in [0.3, 0.4) is 0 Å². The van der Waals surface area contributed by atoms with Gasteiger partial charge in [-0.2, -0.15) is 0 Å². The number of hydrogen-bond acceptors (Lipinski definition) is 2. The molecule has 1 aromatic carbocycles. The van der Waals surface area contributed by atoms with Crippen LogP contribution in [0.1, 0.15) is 62.2 Å². The van der Waals surface area contributed by atoms with Gasteiger partial charge in [-0.1, -0.05) is 56.5 Å². The highest BCUT2D eigenvalue weighted by Gasteiger charge is 2.37. The van der Waals surface area contributed by atoms with E-state index in [9.17, 15) is 9.90 Å². The molecule has 0 saturated heterocycles. The molecule has 0 spiro atoms. The Labute approximate surface area is 115 Å². The molecule has 2 rings (SSSR count). The van der Waals surface area contributed by atoms with Gasteiger partial charge in [0.25, 0.3) is 0 Å². The fraction of sp³-hybridized carbons (Fsp3) is 0.588. The number of hydrogen-bond donors (Lipinski definition) is 1. The zero-order chi connectivity index (χ0) is 13.7. The van der Waals surface area contributed by atoms with E-state index in [0.29, 0.717) is 17.9 Å². The lowest BCUT2D eigenvalue weighted by Crippen LogP contribution is -2.40. The molecule has 0 aromatic heterocycles. The first-order chi connectivity index (χ1) is 9.15. The van der Waals surface area contributed by atoms with Gasteiger partial charge in [-0.3, -0.25) is 4.79 Å². The van der Waals surface area contributed by atoms with E-state index in [1.807, 2.05) is 37.3 Å². The van der Waals surface area contributed by atoms with E-state index in [-0.39, 0.29) is 12.2 Å². The van der Waals surface area contributed by atoms with Crippen molar-refractivity contribution in [3.05, 3.63) is 35.9 Å². The number of carbonyl (C=O) groups excluding carboxylic acids is 1. The maximum absolute atomic E-state index is 12.3. The molecule has 2 heteroatoms. The molecule has 1 N–H and O–H groups in total. The summed E-state index contributed by atoms with van der Waals surface area (Å²) in [6.07, 6.45) is 6.69. The van der Waals surface area contributed by atoms with E-state index in [0.717, 1.165) is 12.8 Å². The molecule has 0 radical (unpaired) electrons. The summed E-state index contributed by atoms with van der Waals surface area (Å²) < 4.78 is 0. The van der Waals surface area contributed by atoms with Crippen LogP contribution in [0, 0.1) is 5.92 Å². The Morgan fingerprint density at radius 2 is 1.84 bits per heavy atom. The van der Waals surface area contributed by atoms with Crippen LogP contribution in [0.15, 0.2) is 30.3 Å². The zero-order valence-electron chi connectivity index (χ0n) is 11.8. The first-order valence-corrected chi connectivity index (χ1v) is 7.46. The average molecular weight is 260 g/mol. The summed E-state index contributed by atoms with van der Waals surface area (Å²) >= 11 is 0. The van der Waals surface area contributed by atoms with Crippen molar-refractivity contribution in [2.75, 3.05) is 0 Å². The van der Waals surface area contributed by atoms with Crippen molar-refractivity contribution in [3.63, 3.8) is 0 Å². The fourth-order valence-corrected chi connectivity index (χ4v) is 3.20. The summed E-state index contributed by atoms with van der Waals surface area (Å²) in [7, 11) is 0. The normalized spacial score (nSPS) is 19.9. The lowest BCUT2D eigenvalue weighted by atomic mass is 9.73. The monoisotopic (exact) mass is 260 g/mol. The quantitative estimate of drug-likeness (QED) is 0.813. The van der Waals surface area contributed by atoms with Crippen LogP contribution >= 0.6 is 0 Å². The maximum Gasteiger partial charge on any atom is 0.165 e. The van der Waals surface area contributed by atoms with Gasteiger partial charge in [0.15, 0.2) is 5.78 Å². The van der Waals surface area contributed by atoms with E-state index in [1.165, 1.54) is 19.3 Å². The second-order valence-corrected chi connectivity index (χ2v) is 5.76. The first-order valence-electron chi connectivity index (χ1n) is 7.46. The summed E-state index contributed by atoms with van der Waals surface area (Å²) in [5.41, 5.74) is -0.0990. The molecular formula is C17H24O2. The van der Waals surface area contributed by atoms with E-state index < -0.39 is 5.60 Å². The third-order valence-corrected chi connectivity index (χ3v) is 4.54. The summed E-state index contributed by atoms with van der Waals surface area (Å²) in [6.45, 7) is 1.99. The van der Waals surface area contributed by atoms with E-state index in [2.05, 4.69) is 0 Å². The van der Waals surface area contributed by atoms with Gasteiger partial charge in [0.2, 0.25) is 0 Å². The molecule has 1 fully saturated rings. The number of ketones is 1. The third-order valence-electron chi connectivity index (χ3n) is 4.54. The number of benzene rings is 1. The van der Waals surface area contributed by atoms with Gasteiger partial charge < -0.3 is 5.11 Å². The Morgan fingerprint density at radius 3 is 2.42 bits per heavy atom. The second kappa shape index (κ2) is 6.33. The molecule has 104 valence electrons. The highest BCUT2D eigenvalue weighted by Crippen LogP contribution is 2.37. The van der Waals surface area contributed by atoms with Gasteiger partial charge in [0.1, 0.15) is 0 Å². The number of rotatable bonds is 5. The number of carbonyl (C=O) groups is 1. The maximum atomic E-state index is 12.3. The molecule has 0 heterocycles. The highest BCUT2D eigenvalue weighted by molar-refractivity contribution is 5.96. The summed E-state index contributed by atoms with van der Waals surface area (Å²) in [5, 5.41) is 10.9. The predicted molar refractivity (Wildman–Crippen MR) is 77.2 cm³/mol. The van der Waals surface area contributed by atoms with Gasteiger partial charge in [0, 0.05) is 12.0 Å². The van der Waals surface area contributed by atoms with Crippen LogP contribution in [-0.4, -0.2) is 16.5 Å². The van der Waals surface area contributed by atoms with Gasteiger partial charge in [0.05, 0.1) is 5.60 Å². The van der Waals surface area contributed by atoms with Gasteiger partial charge in [-0.15, -0.1) is 0 Å². The Morgan fingerprint density at radius 1 is 1.21 bits per heavy atom. The average Bonchev–Trinajstić information content (AvgIpc) is 2.49. The van der Waals surface area contributed by atoms with Gasteiger partial charge in [-0.05, 0) is 25.2 Å². The van der Waals surface area contributed by atoms with Gasteiger partial charge in [-0.25, -0.2) is 0 Å². The van der Waals surface area contributed by atoms with Crippen molar-refractivity contribution in [1.29, 1.82) is 0 Å². The van der Waals surface area contributed by atoms with Crippen LogP contribution in [-0.2, 0) is 0 Å². The fourth-order valence-electron chi connectivity index (χ4n) is 3.20. The molecule has 1 saturated carbocycles. The van der Waals surface area contributed by atoms with Crippen molar-refractivity contribution < 1.29 is 9.90 Å². The van der Waals surface area contributed by atoms with Crippen LogP contribution in [0.5, 0.6) is 0 Å². The minimum absolute atomic E-state index is 0.0653. The van der Waals surface area contributed by atoms with Crippen LogP contribution in [0.4, 0.5) is 0 Å². The minimum atomic E-state index is -0.812. The molecule has 1 aromatic rings. The SMILES string of the molecule is CC[C@@](O)(CC(=O)c1ccccc1)C1CCCCC1. The topological polar surface area (TPSA) is 37.3 Å². The van der Waals surface area contributed by atoms with Crippen molar-refractivity contribution in [3.8, 4) is 0 Å². The standard InChI is InChI=1S/C17H24O2/c1-2-17(19,15-11-7-4-8-12-15)13-16(18)14-9-5-3-6-10-14/h3,5-6,9-10,15,19H,2,4,7-8,11-13H2,1H3/t17-/m1/s1. The van der Waals surface area contributed by atoms with Crippen LogP contribution < -0.4 is 0 Å². The van der Waals surface area contributed by atoms with Crippen LogP contribution in [0.2, 0.25) is 0 Å². The molecule has 0 amide bonds. The number of aliphatic hydroxyl groups is 1. The lowest BCUT2D eigenvalue weighted by molar-refractivity contribution is -0.0370. The second-order valence-electron chi connectivity index (χ2n) is 5.76. The Bertz CT molecular complexity index is 407. The highest BCUT2D eigenvalue weighted by atomic mass is 16.3. The van der Waals surface area contributed by atoms with E-state index in [1.54, 1.807) is 0 Å². The van der Waals surface area contributed by atoms with Crippen molar-refractivity contribution >= 4 is 5.78 Å². The summed E-state index contributed by atoms with van der Waals surface area (Å²) in [6, 6.07) is 9.32. The molecule has 0 bridgehead atoms. The molecule has 19 heavy (non-hydrogen) atoms. The largest absolute Gasteiger partial charge is 0.389 e. The Kier molecular flexibility index (Phi) is 4.76. The molecule has 2 nitrogen and oxygen atoms in total. The van der Waals surface area contributed by atoms with Crippen molar-refractivity contribution in [2.45, 2.75) is 57.5 Å². The third kappa shape index (κ3) is 3.44. The first kappa shape index (κ1) is 14.3. The zero-order valence-corrected chi connectivity index (χ0v) is 11.8. The molecule has 1 atom stereocenters. The number of Topliss-reactive ketones (excluding diaryl/α,β-unsaturated/α-hetero) is 1. The predicted octanol–water partition coefficient (Wildman–Crippen LogP) is 3.98. The van der Waals surface area contributed by atoms with Crippen molar-refractivity contribution in [2.24, 2.45) is 5.92 Å². The van der Waals surface area contributed by atoms with Crippen LogP contribution in [0.25, 0.3) is 0 Å². The molecule has 1 aliphatic rings. The van der Waals surface area contributed by atoms with Crippen molar-refractivity contribution in [1.82, 2.24) is 0 Å². The molecule has 1 aliphatic carbocycles. The minimum Gasteiger partial charge on any atom is -0.389 e.